The highest BCUT2D eigenvalue weighted by atomic mass is 19.4. The van der Waals surface area contributed by atoms with Gasteiger partial charge in [0.2, 0.25) is 0 Å². The Hall–Kier alpha value is -2.57. The predicted octanol–water partition coefficient (Wildman–Crippen LogP) is 3.70. The molecule has 138 valence electrons. The van der Waals surface area contributed by atoms with Gasteiger partial charge in [0.05, 0.1) is 12.7 Å². The van der Waals surface area contributed by atoms with Gasteiger partial charge in [-0.05, 0) is 30.5 Å². The third-order valence-electron chi connectivity index (χ3n) is 4.84. The van der Waals surface area contributed by atoms with Crippen LogP contribution in [0.5, 0.6) is 0 Å². The summed E-state index contributed by atoms with van der Waals surface area (Å²) in [5.74, 6) is -2.28. The molecule has 0 saturated carbocycles. The summed E-state index contributed by atoms with van der Waals surface area (Å²) in [4.78, 5) is 24.9. The fourth-order valence-corrected chi connectivity index (χ4v) is 3.64. The summed E-state index contributed by atoms with van der Waals surface area (Å²) >= 11 is 0. The molecule has 4 nitrogen and oxygen atoms in total. The number of rotatable bonds is 2. The van der Waals surface area contributed by atoms with Crippen LogP contribution in [-0.4, -0.2) is 18.9 Å². The van der Waals surface area contributed by atoms with Crippen molar-refractivity contribution >= 4 is 11.8 Å². The maximum Gasteiger partial charge on any atom is 0.416 e. The molecule has 1 aromatic rings. The summed E-state index contributed by atoms with van der Waals surface area (Å²) in [6.45, 7) is 3.88. The van der Waals surface area contributed by atoms with E-state index in [1.807, 2.05) is 0 Å². The first-order valence-corrected chi connectivity index (χ1v) is 8.21. The molecule has 1 aromatic carbocycles. The second-order valence-electron chi connectivity index (χ2n) is 6.42. The molecule has 1 aliphatic carbocycles. The third kappa shape index (κ3) is 3.13. The van der Waals surface area contributed by atoms with Gasteiger partial charge in [-0.25, -0.2) is 0 Å². The van der Waals surface area contributed by atoms with Crippen molar-refractivity contribution in [3.8, 4) is 0 Å². The molecule has 0 fully saturated rings. The second kappa shape index (κ2) is 6.63. The van der Waals surface area contributed by atoms with Crippen molar-refractivity contribution in [2.45, 2.75) is 31.4 Å². The first-order valence-electron chi connectivity index (χ1n) is 8.21. The zero-order valence-electron chi connectivity index (χ0n) is 14.2. The Morgan fingerprint density at radius 2 is 1.88 bits per heavy atom. The summed E-state index contributed by atoms with van der Waals surface area (Å²) in [5, 5.41) is 3.03. The average molecular weight is 365 g/mol. The number of carbonyl (C=O) groups is 2. The normalized spacial score (nSPS) is 23.4. The number of ether oxygens (including phenoxy) is 1. The zero-order chi connectivity index (χ0) is 19.1. The van der Waals surface area contributed by atoms with Gasteiger partial charge >= 0.3 is 12.1 Å². The smallest absolute Gasteiger partial charge is 0.416 e. The highest BCUT2D eigenvalue weighted by molar-refractivity contribution is 6.00. The molecule has 1 aliphatic heterocycles. The third-order valence-corrected chi connectivity index (χ3v) is 4.84. The molecule has 2 unspecified atom stereocenters. The van der Waals surface area contributed by atoms with Gasteiger partial charge in [0, 0.05) is 29.3 Å². The van der Waals surface area contributed by atoms with Crippen LogP contribution in [0.2, 0.25) is 0 Å². The summed E-state index contributed by atoms with van der Waals surface area (Å²) in [7, 11) is 1.23. The molecule has 0 radical (unpaired) electrons. The Kier molecular flexibility index (Phi) is 4.64. The van der Waals surface area contributed by atoms with Gasteiger partial charge in [-0.3, -0.25) is 9.59 Å². The van der Waals surface area contributed by atoms with E-state index in [0.29, 0.717) is 41.8 Å². The van der Waals surface area contributed by atoms with Crippen LogP contribution >= 0.6 is 0 Å². The van der Waals surface area contributed by atoms with Crippen LogP contribution in [-0.2, 0) is 20.5 Å². The van der Waals surface area contributed by atoms with E-state index in [1.54, 1.807) is 0 Å². The number of Topliss-reactive ketones (excluding diaryl/α,β-unsaturated/α-hetero) is 1. The van der Waals surface area contributed by atoms with Crippen LogP contribution in [0.1, 0.15) is 36.3 Å². The molecule has 0 aromatic heterocycles. The van der Waals surface area contributed by atoms with E-state index in [1.165, 1.54) is 19.2 Å². The quantitative estimate of drug-likeness (QED) is 0.812. The zero-order valence-corrected chi connectivity index (χ0v) is 14.2. The van der Waals surface area contributed by atoms with Crippen LogP contribution < -0.4 is 5.32 Å². The van der Waals surface area contributed by atoms with E-state index in [9.17, 15) is 22.8 Å². The lowest BCUT2D eigenvalue weighted by atomic mass is 9.71. The van der Waals surface area contributed by atoms with Crippen molar-refractivity contribution in [3.63, 3.8) is 0 Å². The number of benzene rings is 1. The Morgan fingerprint density at radius 1 is 1.23 bits per heavy atom. The summed E-state index contributed by atoms with van der Waals surface area (Å²) in [6, 6.07) is 4.55. The van der Waals surface area contributed by atoms with Crippen LogP contribution in [0.4, 0.5) is 13.2 Å². The number of hydrogen-bond acceptors (Lipinski definition) is 4. The molecule has 3 rings (SSSR count). The van der Waals surface area contributed by atoms with Gasteiger partial charge in [-0.1, -0.05) is 18.7 Å². The highest BCUT2D eigenvalue weighted by Crippen LogP contribution is 2.44. The van der Waals surface area contributed by atoms with Crippen LogP contribution in [0.15, 0.2) is 47.8 Å². The summed E-state index contributed by atoms with van der Waals surface area (Å²) in [5.41, 5.74) is 1.19. The minimum Gasteiger partial charge on any atom is -0.468 e. The van der Waals surface area contributed by atoms with E-state index in [0.717, 1.165) is 12.1 Å². The van der Waals surface area contributed by atoms with E-state index in [2.05, 4.69) is 11.9 Å². The van der Waals surface area contributed by atoms with Crippen LogP contribution in [0.3, 0.4) is 0 Å². The highest BCUT2D eigenvalue weighted by Gasteiger charge is 2.43. The van der Waals surface area contributed by atoms with Crippen LogP contribution in [0.25, 0.3) is 0 Å². The Labute approximate surface area is 148 Å². The van der Waals surface area contributed by atoms with E-state index in [4.69, 9.17) is 4.74 Å². The van der Waals surface area contributed by atoms with Gasteiger partial charge in [-0.2, -0.15) is 13.2 Å². The number of carbonyl (C=O) groups excluding carboxylic acids is 2. The van der Waals surface area contributed by atoms with Crippen molar-refractivity contribution in [1.82, 2.24) is 5.32 Å². The minimum atomic E-state index is -4.46. The maximum absolute atomic E-state index is 12.9. The van der Waals surface area contributed by atoms with Crippen LogP contribution in [0, 0.1) is 5.92 Å². The van der Waals surface area contributed by atoms with Gasteiger partial charge < -0.3 is 10.1 Å². The lowest BCUT2D eigenvalue weighted by Gasteiger charge is -2.38. The number of alkyl halides is 3. The molecule has 7 heteroatoms. The number of halogens is 3. The maximum atomic E-state index is 12.9. The number of esters is 1. The molecule has 0 saturated heterocycles. The minimum absolute atomic E-state index is 0.106. The Bertz CT molecular complexity index is 793. The van der Waals surface area contributed by atoms with Gasteiger partial charge in [-0.15, -0.1) is 0 Å². The predicted molar refractivity (Wildman–Crippen MR) is 87.9 cm³/mol. The molecule has 2 aliphatic rings. The number of nitrogens with one attached hydrogen (secondary N) is 1. The van der Waals surface area contributed by atoms with Gasteiger partial charge in [0.15, 0.2) is 5.78 Å². The lowest BCUT2D eigenvalue weighted by molar-refractivity contribution is -0.145. The lowest BCUT2D eigenvalue weighted by Crippen LogP contribution is -2.40. The summed E-state index contributed by atoms with van der Waals surface area (Å²) < 4.78 is 43.4. The first-order chi connectivity index (χ1) is 12.2. The monoisotopic (exact) mass is 365 g/mol. The van der Waals surface area contributed by atoms with Crippen molar-refractivity contribution in [2.75, 3.05) is 7.11 Å². The molecule has 1 heterocycles. The number of allylic oxidation sites excluding steroid dienone is 2. The van der Waals surface area contributed by atoms with E-state index < -0.39 is 29.5 Å². The van der Waals surface area contributed by atoms with Gasteiger partial charge in [0.1, 0.15) is 5.92 Å². The number of methoxy groups -OCH3 is 1. The average Bonchev–Trinajstić information content (AvgIpc) is 2.59. The summed E-state index contributed by atoms with van der Waals surface area (Å²) in [6.07, 6.45) is -2.80. The number of ketones is 1. The molecule has 0 spiro atoms. The van der Waals surface area contributed by atoms with Crippen molar-refractivity contribution < 1.29 is 27.5 Å². The topological polar surface area (TPSA) is 55.4 Å². The van der Waals surface area contributed by atoms with Gasteiger partial charge in [0.25, 0.3) is 0 Å². The van der Waals surface area contributed by atoms with Crippen molar-refractivity contribution in [2.24, 2.45) is 5.92 Å². The SMILES string of the molecule is C=C1NC2=C(C(=O)CCC2)C(c2ccc(C(F)(F)F)cc2)C1C(=O)OC. The molecular weight excluding hydrogens is 347 g/mol. The number of hydrogen-bond donors (Lipinski definition) is 1. The Balaban J connectivity index is 2.12. The fourth-order valence-electron chi connectivity index (χ4n) is 3.64. The molecule has 26 heavy (non-hydrogen) atoms. The van der Waals surface area contributed by atoms with Crippen molar-refractivity contribution in [1.29, 1.82) is 0 Å². The molecule has 0 amide bonds. The van der Waals surface area contributed by atoms with E-state index in [-0.39, 0.29) is 5.78 Å². The largest absolute Gasteiger partial charge is 0.468 e. The fraction of sp³-hybridized carbons (Fsp3) is 0.368. The molecule has 2 atom stereocenters. The standard InChI is InChI=1S/C19H18F3NO3/c1-10-15(18(25)26-2)16(17-13(23-10)4-3-5-14(17)24)11-6-8-12(9-7-11)19(20,21)22/h6-9,15-16,23H,1,3-5H2,2H3. The second-order valence-corrected chi connectivity index (χ2v) is 6.42. The molecule has 0 bridgehead atoms. The van der Waals surface area contributed by atoms with Crippen molar-refractivity contribution in [3.05, 3.63) is 58.9 Å². The van der Waals surface area contributed by atoms with E-state index >= 15 is 0 Å². The molecular formula is C19H18F3NO3. The molecule has 1 N–H and O–H groups in total. The Morgan fingerprint density at radius 3 is 2.46 bits per heavy atom. The first kappa shape index (κ1) is 18.2.